The summed E-state index contributed by atoms with van der Waals surface area (Å²) in [6.45, 7) is 0. The molecule has 0 fully saturated rings. The SMILES string of the molecule is c1ccc([C@H]2c3ccc4ccccc4c3Oc3ncn4nc(-c5ccco5)nc4c32)cc1. The summed E-state index contributed by atoms with van der Waals surface area (Å²) in [4.78, 5) is 9.45. The van der Waals surface area contributed by atoms with Crippen LogP contribution in [0, 0.1) is 0 Å². The molecule has 3 aromatic heterocycles. The van der Waals surface area contributed by atoms with Crippen molar-refractivity contribution in [3.05, 3.63) is 108 Å². The summed E-state index contributed by atoms with van der Waals surface area (Å²) in [7, 11) is 0. The van der Waals surface area contributed by atoms with Crippen molar-refractivity contribution in [2.24, 2.45) is 0 Å². The van der Waals surface area contributed by atoms with Gasteiger partial charge in [0.1, 0.15) is 12.1 Å². The van der Waals surface area contributed by atoms with Crippen molar-refractivity contribution in [3.63, 3.8) is 0 Å². The average Bonchev–Trinajstić information content (AvgIpc) is 3.53. The quantitative estimate of drug-likeness (QED) is 0.355. The molecule has 32 heavy (non-hydrogen) atoms. The van der Waals surface area contributed by atoms with Gasteiger partial charge < -0.3 is 9.15 Å². The predicted octanol–water partition coefficient (Wildman–Crippen LogP) is 5.82. The lowest BCUT2D eigenvalue weighted by molar-refractivity contribution is 0.437. The van der Waals surface area contributed by atoms with Gasteiger partial charge in [-0.25, -0.2) is 14.5 Å². The van der Waals surface area contributed by atoms with Gasteiger partial charge in [-0.3, -0.25) is 0 Å². The smallest absolute Gasteiger partial charge is 0.228 e. The first-order chi connectivity index (χ1) is 15.9. The van der Waals surface area contributed by atoms with Gasteiger partial charge in [-0.15, -0.1) is 5.10 Å². The van der Waals surface area contributed by atoms with Gasteiger partial charge in [0.2, 0.25) is 11.7 Å². The van der Waals surface area contributed by atoms with E-state index >= 15 is 0 Å². The lowest BCUT2D eigenvalue weighted by atomic mass is 9.83. The largest absolute Gasteiger partial charge is 0.461 e. The molecule has 7 rings (SSSR count). The third kappa shape index (κ3) is 2.43. The highest BCUT2D eigenvalue weighted by atomic mass is 16.5. The van der Waals surface area contributed by atoms with Crippen LogP contribution in [0.25, 0.3) is 28.0 Å². The fraction of sp³-hybridized carbons (Fsp3) is 0.0385. The Labute approximate surface area is 182 Å². The van der Waals surface area contributed by atoms with Crippen LogP contribution in [0.4, 0.5) is 0 Å². The molecular weight excluding hydrogens is 400 g/mol. The molecule has 1 atom stereocenters. The number of rotatable bonds is 2. The molecule has 0 spiro atoms. The van der Waals surface area contributed by atoms with E-state index in [0.29, 0.717) is 23.1 Å². The lowest BCUT2D eigenvalue weighted by Gasteiger charge is -2.28. The van der Waals surface area contributed by atoms with Crippen LogP contribution in [0.1, 0.15) is 22.6 Å². The molecule has 6 heteroatoms. The number of ether oxygens (including phenoxy) is 1. The van der Waals surface area contributed by atoms with E-state index < -0.39 is 0 Å². The van der Waals surface area contributed by atoms with Gasteiger partial charge in [-0.1, -0.05) is 66.7 Å². The molecule has 1 aliphatic heterocycles. The van der Waals surface area contributed by atoms with E-state index in [1.807, 2.05) is 30.3 Å². The highest BCUT2D eigenvalue weighted by Gasteiger charge is 2.34. The number of benzene rings is 3. The van der Waals surface area contributed by atoms with Crippen LogP contribution < -0.4 is 4.74 Å². The Morgan fingerprint density at radius 1 is 0.844 bits per heavy atom. The van der Waals surface area contributed by atoms with Crippen LogP contribution in [0.15, 0.2) is 95.9 Å². The molecule has 3 aromatic carbocycles. The van der Waals surface area contributed by atoms with E-state index in [2.05, 4.69) is 58.6 Å². The van der Waals surface area contributed by atoms with E-state index in [4.69, 9.17) is 14.1 Å². The zero-order chi connectivity index (χ0) is 21.1. The summed E-state index contributed by atoms with van der Waals surface area (Å²) in [6, 6.07) is 26.6. The molecule has 0 amide bonds. The fourth-order valence-corrected chi connectivity index (χ4v) is 4.55. The van der Waals surface area contributed by atoms with E-state index in [1.165, 1.54) is 0 Å². The van der Waals surface area contributed by atoms with Crippen LogP contribution >= 0.6 is 0 Å². The number of fused-ring (bicyclic) bond motifs is 6. The molecule has 0 unspecified atom stereocenters. The van der Waals surface area contributed by atoms with Gasteiger partial charge >= 0.3 is 0 Å². The highest BCUT2D eigenvalue weighted by molar-refractivity contribution is 5.91. The Kier molecular flexibility index (Phi) is 3.52. The van der Waals surface area contributed by atoms with Gasteiger partial charge in [-0.05, 0) is 23.1 Å². The second kappa shape index (κ2) is 6.52. The molecule has 6 aromatic rings. The Hall–Kier alpha value is -4.45. The fourth-order valence-electron chi connectivity index (χ4n) is 4.55. The summed E-state index contributed by atoms with van der Waals surface area (Å²) >= 11 is 0. The first-order valence-corrected chi connectivity index (χ1v) is 10.4. The Balaban J connectivity index is 1.54. The average molecular weight is 416 g/mol. The zero-order valence-corrected chi connectivity index (χ0v) is 16.8. The number of hydrogen-bond acceptors (Lipinski definition) is 5. The summed E-state index contributed by atoms with van der Waals surface area (Å²) in [5, 5.41) is 6.79. The third-order valence-electron chi connectivity index (χ3n) is 5.97. The van der Waals surface area contributed by atoms with E-state index in [1.54, 1.807) is 17.1 Å². The maximum atomic E-state index is 6.43. The van der Waals surface area contributed by atoms with Crippen LogP contribution in [-0.2, 0) is 0 Å². The topological polar surface area (TPSA) is 65.5 Å². The number of furan rings is 1. The molecule has 0 radical (unpaired) electrons. The molecule has 1 aliphatic rings. The van der Waals surface area contributed by atoms with Gasteiger partial charge in [-0.2, -0.15) is 0 Å². The molecule has 6 nitrogen and oxygen atoms in total. The first-order valence-electron chi connectivity index (χ1n) is 10.4. The first kappa shape index (κ1) is 17.3. The summed E-state index contributed by atoms with van der Waals surface area (Å²) in [6.07, 6.45) is 3.26. The van der Waals surface area contributed by atoms with Gasteiger partial charge in [0.25, 0.3) is 0 Å². The summed E-state index contributed by atoms with van der Waals surface area (Å²) in [5.41, 5.74) is 3.83. The predicted molar refractivity (Wildman–Crippen MR) is 120 cm³/mol. The van der Waals surface area contributed by atoms with Crippen molar-refractivity contribution < 1.29 is 9.15 Å². The van der Waals surface area contributed by atoms with Crippen LogP contribution in [-0.4, -0.2) is 19.6 Å². The van der Waals surface area contributed by atoms with E-state index in [0.717, 1.165) is 33.2 Å². The van der Waals surface area contributed by atoms with Crippen LogP contribution in [0.5, 0.6) is 11.6 Å². The number of nitrogens with zero attached hydrogens (tertiary/aromatic N) is 4. The molecular formula is C26H16N4O2. The molecule has 0 aliphatic carbocycles. The van der Waals surface area contributed by atoms with E-state index in [9.17, 15) is 0 Å². The Morgan fingerprint density at radius 2 is 1.72 bits per heavy atom. The van der Waals surface area contributed by atoms with Crippen molar-refractivity contribution >= 4 is 16.4 Å². The standard InChI is InChI=1S/C26H16N4O2/c1-2-8-17(9-3-1)21-19-13-12-16-7-4-5-10-18(16)23(19)32-26-22(21)25-28-24(20-11-6-14-31-20)29-30(25)15-27-26/h1-15,21H/t21-/m0/s1. The van der Waals surface area contributed by atoms with Crippen LogP contribution in [0.2, 0.25) is 0 Å². The lowest BCUT2D eigenvalue weighted by Crippen LogP contribution is -2.15. The Bertz CT molecular complexity index is 1600. The summed E-state index contributed by atoms with van der Waals surface area (Å²) < 4.78 is 13.7. The molecule has 152 valence electrons. The molecule has 0 N–H and O–H groups in total. The monoisotopic (exact) mass is 416 g/mol. The Morgan fingerprint density at radius 3 is 2.59 bits per heavy atom. The molecule has 0 bridgehead atoms. The third-order valence-corrected chi connectivity index (χ3v) is 5.97. The van der Waals surface area contributed by atoms with Gasteiger partial charge in [0.15, 0.2) is 11.4 Å². The second-order valence-electron chi connectivity index (χ2n) is 7.80. The number of hydrogen-bond donors (Lipinski definition) is 0. The van der Waals surface area contributed by atoms with Crippen molar-refractivity contribution in [1.82, 2.24) is 19.6 Å². The second-order valence-corrected chi connectivity index (χ2v) is 7.80. The van der Waals surface area contributed by atoms with Crippen molar-refractivity contribution in [3.8, 4) is 23.2 Å². The number of aromatic nitrogens is 4. The van der Waals surface area contributed by atoms with Gasteiger partial charge in [0, 0.05) is 16.9 Å². The maximum Gasteiger partial charge on any atom is 0.228 e. The minimum absolute atomic E-state index is 0.0931. The van der Waals surface area contributed by atoms with Crippen molar-refractivity contribution in [2.75, 3.05) is 0 Å². The molecule has 0 saturated carbocycles. The van der Waals surface area contributed by atoms with E-state index in [-0.39, 0.29) is 5.92 Å². The van der Waals surface area contributed by atoms with Crippen molar-refractivity contribution in [1.29, 1.82) is 0 Å². The highest BCUT2D eigenvalue weighted by Crippen LogP contribution is 2.50. The minimum Gasteiger partial charge on any atom is -0.461 e. The minimum atomic E-state index is -0.0931. The molecule has 4 heterocycles. The zero-order valence-electron chi connectivity index (χ0n) is 16.8. The normalized spacial score (nSPS) is 14.8. The van der Waals surface area contributed by atoms with Gasteiger partial charge in [0.05, 0.1) is 11.8 Å². The maximum absolute atomic E-state index is 6.43. The van der Waals surface area contributed by atoms with Crippen molar-refractivity contribution in [2.45, 2.75) is 5.92 Å². The summed E-state index contributed by atoms with van der Waals surface area (Å²) in [5.74, 6) is 2.42. The molecule has 0 saturated heterocycles. The van der Waals surface area contributed by atoms with Crippen LogP contribution in [0.3, 0.4) is 0 Å².